The van der Waals surface area contributed by atoms with Crippen molar-refractivity contribution in [2.45, 2.75) is 31.8 Å². The summed E-state index contributed by atoms with van der Waals surface area (Å²) in [4.78, 5) is 48.5. The lowest BCUT2D eigenvalue weighted by atomic mass is 9.99. The molecule has 1 fully saturated rings. The summed E-state index contributed by atoms with van der Waals surface area (Å²) < 4.78 is 13.2. The van der Waals surface area contributed by atoms with Crippen LogP contribution in [0.15, 0.2) is 59.4 Å². The quantitative estimate of drug-likeness (QED) is 0.603. The minimum absolute atomic E-state index is 0.129. The average molecular weight is 464 g/mol. The lowest BCUT2D eigenvalue weighted by Crippen LogP contribution is -2.40. The van der Waals surface area contributed by atoms with E-state index < -0.39 is 29.1 Å². The third-order valence-electron chi connectivity index (χ3n) is 5.90. The summed E-state index contributed by atoms with van der Waals surface area (Å²) in [5.74, 6) is -1.87. The Bertz CT molecular complexity index is 1240. The Kier molecular flexibility index (Phi) is 6.72. The van der Waals surface area contributed by atoms with Gasteiger partial charge in [0.1, 0.15) is 11.6 Å². The van der Waals surface area contributed by atoms with Crippen LogP contribution in [-0.4, -0.2) is 50.3 Å². The minimum Gasteiger partial charge on any atom is -0.501 e. The Balaban J connectivity index is 1.63. The molecule has 1 saturated heterocycles. The van der Waals surface area contributed by atoms with Crippen molar-refractivity contribution in [3.05, 3.63) is 93.4 Å². The van der Waals surface area contributed by atoms with Gasteiger partial charge in [-0.25, -0.2) is 9.37 Å². The van der Waals surface area contributed by atoms with E-state index in [0.717, 1.165) is 12.8 Å². The van der Waals surface area contributed by atoms with Crippen LogP contribution in [0.1, 0.15) is 57.5 Å². The summed E-state index contributed by atoms with van der Waals surface area (Å²) in [7, 11) is 1.50. The molecule has 1 aliphatic heterocycles. The number of nitrogens with one attached hydrogen (secondary N) is 1. The number of likely N-dealkylation sites (tertiary alicyclic amines) is 1. The van der Waals surface area contributed by atoms with Gasteiger partial charge in [-0.2, -0.15) is 0 Å². The molecular weight excluding hydrogens is 439 g/mol. The van der Waals surface area contributed by atoms with Crippen molar-refractivity contribution >= 4 is 11.8 Å². The normalized spacial score (nSPS) is 15.7. The summed E-state index contributed by atoms with van der Waals surface area (Å²) in [5, 5.41) is 10.3. The number of carbonyl (C=O) groups excluding carboxylic acids is 2. The van der Waals surface area contributed by atoms with Crippen molar-refractivity contribution in [1.82, 2.24) is 19.8 Å². The molecule has 2 heterocycles. The summed E-state index contributed by atoms with van der Waals surface area (Å²) in [6.07, 6.45) is 2.19. The van der Waals surface area contributed by atoms with Gasteiger partial charge < -0.3 is 19.9 Å². The van der Waals surface area contributed by atoms with Gasteiger partial charge in [0.15, 0.2) is 5.69 Å². The van der Waals surface area contributed by atoms with Crippen LogP contribution in [0.25, 0.3) is 0 Å². The van der Waals surface area contributed by atoms with Crippen molar-refractivity contribution < 1.29 is 19.1 Å². The van der Waals surface area contributed by atoms with Gasteiger partial charge in [-0.05, 0) is 49.1 Å². The molecule has 0 aliphatic carbocycles. The fourth-order valence-corrected chi connectivity index (χ4v) is 4.11. The number of halogens is 1. The second-order valence-electron chi connectivity index (χ2n) is 8.31. The van der Waals surface area contributed by atoms with E-state index in [4.69, 9.17) is 0 Å². The lowest BCUT2D eigenvalue weighted by molar-refractivity contribution is 0.0598. The van der Waals surface area contributed by atoms with Gasteiger partial charge >= 0.3 is 0 Å². The van der Waals surface area contributed by atoms with E-state index in [9.17, 15) is 23.9 Å². The zero-order valence-corrected chi connectivity index (χ0v) is 18.7. The van der Waals surface area contributed by atoms with Crippen molar-refractivity contribution in [1.29, 1.82) is 0 Å². The Morgan fingerprint density at radius 3 is 2.56 bits per heavy atom. The van der Waals surface area contributed by atoms with E-state index in [0.29, 0.717) is 24.1 Å². The van der Waals surface area contributed by atoms with Crippen LogP contribution in [0, 0.1) is 5.82 Å². The van der Waals surface area contributed by atoms with E-state index in [2.05, 4.69) is 9.97 Å². The van der Waals surface area contributed by atoms with Crippen LogP contribution in [0.3, 0.4) is 0 Å². The number of amides is 2. The van der Waals surface area contributed by atoms with Gasteiger partial charge in [0.2, 0.25) is 5.75 Å². The van der Waals surface area contributed by atoms with E-state index in [-0.39, 0.29) is 24.0 Å². The molecule has 0 radical (unpaired) electrons. The molecular formula is C25H25FN4O4. The average Bonchev–Trinajstić information content (AvgIpc) is 2.86. The zero-order chi connectivity index (χ0) is 24.2. The molecule has 1 aliphatic rings. The molecule has 1 aromatic heterocycles. The van der Waals surface area contributed by atoms with E-state index in [1.807, 2.05) is 6.07 Å². The number of H-pyrrole nitrogens is 1. The first-order valence-electron chi connectivity index (χ1n) is 11.0. The highest BCUT2D eigenvalue weighted by atomic mass is 19.1. The number of aromatic amines is 1. The maximum absolute atomic E-state index is 13.2. The molecule has 3 aromatic rings. The molecule has 2 N–H and O–H groups in total. The maximum Gasteiger partial charge on any atom is 0.294 e. The number of hydrogen-bond donors (Lipinski definition) is 2. The largest absolute Gasteiger partial charge is 0.501 e. The lowest BCUT2D eigenvalue weighted by Gasteiger charge is -2.35. The molecule has 0 saturated carbocycles. The third-order valence-corrected chi connectivity index (χ3v) is 5.90. The summed E-state index contributed by atoms with van der Waals surface area (Å²) in [5.41, 5.74) is -0.0400. The first kappa shape index (κ1) is 23.2. The Morgan fingerprint density at radius 1 is 1.15 bits per heavy atom. The van der Waals surface area contributed by atoms with Gasteiger partial charge in [0, 0.05) is 25.7 Å². The molecule has 176 valence electrons. The predicted octanol–water partition coefficient (Wildman–Crippen LogP) is 3.25. The molecule has 0 spiro atoms. The predicted molar refractivity (Wildman–Crippen MR) is 123 cm³/mol. The number of benzene rings is 2. The van der Waals surface area contributed by atoms with Crippen LogP contribution in [0.2, 0.25) is 0 Å². The second kappa shape index (κ2) is 9.86. The Morgan fingerprint density at radius 2 is 1.85 bits per heavy atom. The molecule has 34 heavy (non-hydrogen) atoms. The fraction of sp³-hybridized carbons (Fsp3) is 0.280. The standard InChI is InChI=1S/C25H25FN4O4/c1-29(15-16-10-12-18(26)13-11-16)25(34)20-21(31)23(32)28-22(27-20)19-9-5-6-14-30(19)24(33)17-7-3-2-4-8-17/h2-4,7-8,10-13,19,31H,5-6,9,14-15H2,1H3,(H,27,28,32). The van der Waals surface area contributed by atoms with Crippen molar-refractivity contribution in [3.63, 3.8) is 0 Å². The zero-order valence-electron chi connectivity index (χ0n) is 18.7. The minimum atomic E-state index is -0.846. The highest BCUT2D eigenvalue weighted by Crippen LogP contribution is 2.30. The van der Waals surface area contributed by atoms with Crippen molar-refractivity contribution in [3.8, 4) is 5.75 Å². The number of rotatable bonds is 5. The van der Waals surface area contributed by atoms with Crippen LogP contribution in [0.5, 0.6) is 5.75 Å². The summed E-state index contributed by atoms with van der Waals surface area (Å²) in [6.45, 7) is 0.612. The van der Waals surface area contributed by atoms with Crippen LogP contribution in [0.4, 0.5) is 4.39 Å². The van der Waals surface area contributed by atoms with E-state index in [1.54, 1.807) is 41.3 Å². The Labute approximate surface area is 195 Å². The molecule has 1 unspecified atom stereocenters. The number of nitrogens with zero attached hydrogens (tertiary/aromatic N) is 3. The van der Waals surface area contributed by atoms with Gasteiger partial charge in [-0.1, -0.05) is 30.3 Å². The van der Waals surface area contributed by atoms with Crippen molar-refractivity contribution in [2.75, 3.05) is 13.6 Å². The monoisotopic (exact) mass is 464 g/mol. The topological polar surface area (TPSA) is 107 Å². The van der Waals surface area contributed by atoms with E-state index in [1.165, 1.54) is 24.1 Å². The van der Waals surface area contributed by atoms with Gasteiger partial charge in [0.25, 0.3) is 17.4 Å². The third kappa shape index (κ3) is 4.83. The first-order valence-corrected chi connectivity index (χ1v) is 11.0. The van der Waals surface area contributed by atoms with Crippen LogP contribution in [-0.2, 0) is 6.54 Å². The van der Waals surface area contributed by atoms with E-state index >= 15 is 0 Å². The molecule has 2 aromatic carbocycles. The molecule has 9 heteroatoms. The van der Waals surface area contributed by atoms with Crippen LogP contribution >= 0.6 is 0 Å². The maximum atomic E-state index is 13.2. The highest BCUT2D eigenvalue weighted by Gasteiger charge is 2.32. The van der Waals surface area contributed by atoms with Crippen molar-refractivity contribution in [2.24, 2.45) is 0 Å². The molecule has 1 atom stereocenters. The number of piperidine rings is 1. The molecule has 4 rings (SSSR count). The highest BCUT2D eigenvalue weighted by molar-refractivity contribution is 5.95. The summed E-state index contributed by atoms with van der Waals surface area (Å²) >= 11 is 0. The number of carbonyl (C=O) groups is 2. The number of aromatic nitrogens is 2. The number of hydrogen-bond acceptors (Lipinski definition) is 5. The SMILES string of the molecule is CN(Cc1ccc(F)cc1)C(=O)c1nc(C2CCCCN2C(=O)c2ccccc2)[nH]c(=O)c1O. The first-order chi connectivity index (χ1) is 16.3. The molecule has 8 nitrogen and oxygen atoms in total. The number of aromatic hydroxyl groups is 1. The summed E-state index contributed by atoms with van der Waals surface area (Å²) in [6, 6.07) is 14.0. The van der Waals surface area contributed by atoms with Gasteiger partial charge in [-0.3, -0.25) is 14.4 Å². The van der Waals surface area contributed by atoms with Crippen LogP contribution < -0.4 is 5.56 Å². The Hall–Kier alpha value is -4.01. The molecule has 2 amide bonds. The van der Waals surface area contributed by atoms with Gasteiger partial charge in [-0.15, -0.1) is 0 Å². The molecule has 0 bridgehead atoms. The fourth-order valence-electron chi connectivity index (χ4n) is 4.11. The smallest absolute Gasteiger partial charge is 0.294 e. The van der Waals surface area contributed by atoms with Gasteiger partial charge in [0.05, 0.1) is 6.04 Å². The second-order valence-corrected chi connectivity index (χ2v) is 8.31.